The van der Waals surface area contributed by atoms with Crippen LogP contribution in [0.5, 0.6) is 17.2 Å². The number of hydrazone groups is 1. The second-order valence-corrected chi connectivity index (χ2v) is 9.02. The van der Waals surface area contributed by atoms with E-state index in [0.717, 1.165) is 21.5 Å². The Morgan fingerprint density at radius 1 is 0.800 bits per heavy atom. The molecule has 7 nitrogen and oxygen atoms in total. The summed E-state index contributed by atoms with van der Waals surface area (Å²) in [6, 6.07) is 31.5. The Balaban J connectivity index is 1.33. The van der Waals surface area contributed by atoms with Crippen molar-refractivity contribution in [1.29, 1.82) is 0 Å². The van der Waals surface area contributed by atoms with Crippen LogP contribution in [0.1, 0.15) is 29.8 Å². The van der Waals surface area contributed by atoms with Gasteiger partial charge in [-0.2, -0.15) is 5.10 Å². The Hall–Kier alpha value is -5.17. The molecule has 0 saturated carbocycles. The van der Waals surface area contributed by atoms with E-state index < -0.39 is 18.0 Å². The van der Waals surface area contributed by atoms with Crippen molar-refractivity contribution in [2.24, 2.45) is 5.10 Å². The van der Waals surface area contributed by atoms with Gasteiger partial charge in [-0.25, -0.2) is 10.2 Å². The minimum atomic E-state index is -0.799. The molecule has 0 aliphatic carbocycles. The number of rotatable bonds is 9. The van der Waals surface area contributed by atoms with Crippen LogP contribution in [0, 0.1) is 0 Å². The van der Waals surface area contributed by atoms with Crippen molar-refractivity contribution < 1.29 is 23.8 Å². The Bertz CT molecular complexity index is 1690. The third-order valence-corrected chi connectivity index (χ3v) is 6.33. The van der Waals surface area contributed by atoms with Crippen LogP contribution in [-0.4, -0.2) is 30.8 Å². The maximum absolute atomic E-state index is 12.9. The van der Waals surface area contributed by atoms with Crippen molar-refractivity contribution >= 4 is 39.6 Å². The molecule has 1 N–H and O–H groups in total. The normalized spacial score (nSPS) is 11.8. The molecular formula is C33H28N2O5. The lowest BCUT2D eigenvalue weighted by molar-refractivity contribution is -0.127. The highest BCUT2D eigenvalue weighted by molar-refractivity contribution is 6.04. The average molecular weight is 533 g/mol. The molecule has 200 valence electrons. The standard InChI is InChI=1S/C33H28N2O5/c1-3-38-26-18-15-25(16-19-26)33(37)40-31-20-17-24-10-4-6-12-27(24)29(31)21-34-35-32(36)22(2)39-30-14-8-11-23-9-5-7-13-28(23)30/h4-22H,3H2,1-2H3,(H,35,36)/b34-21-/t22-/m0/s1. The van der Waals surface area contributed by atoms with Crippen molar-refractivity contribution in [3.63, 3.8) is 0 Å². The molecule has 5 rings (SSSR count). The van der Waals surface area contributed by atoms with Gasteiger partial charge < -0.3 is 14.2 Å². The number of esters is 1. The van der Waals surface area contributed by atoms with E-state index in [9.17, 15) is 9.59 Å². The van der Waals surface area contributed by atoms with E-state index in [2.05, 4.69) is 10.5 Å². The van der Waals surface area contributed by atoms with Crippen LogP contribution in [0.25, 0.3) is 21.5 Å². The van der Waals surface area contributed by atoms with Crippen LogP contribution in [0.4, 0.5) is 0 Å². The minimum absolute atomic E-state index is 0.315. The summed E-state index contributed by atoms with van der Waals surface area (Å²) in [5.74, 6) is 0.663. The number of carbonyl (C=O) groups excluding carboxylic acids is 2. The maximum atomic E-state index is 12.9. The molecule has 0 aliphatic rings. The molecule has 0 fully saturated rings. The van der Waals surface area contributed by atoms with Gasteiger partial charge in [0, 0.05) is 10.9 Å². The molecule has 0 spiro atoms. The Labute approximate surface area is 232 Å². The maximum Gasteiger partial charge on any atom is 0.343 e. The molecule has 7 heteroatoms. The molecule has 0 aliphatic heterocycles. The van der Waals surface area contributed by atoms with E-state index in [-0.39, 0.29) is 0 Å². The fourth-order valence-electron chi connectivity index (χ4n) is 4.30. The van der Waals surface area contributed by atoms with Crippen LogP contribution >= 0.6 is 0 Å². The molecule has 0 radical (unpaired) electrons. The fourth-order valence-corrected chi connectivity index (χ4v) is 4.30. The molecular weight excluding hydrogens is 504 g/mol. The summed E-state index contributed by atoms with van der Waals surface area (Å²) < 4.78 is 17.1. The van der Waals surface area contributed by atoms with E-state index in [1.165, 1.54) is 6.21 Å². The van der Waals surface area contributed by atoms with E-state index in [1.807, 2.05) is 79.7 Å². The number of ether oxygens (including phenoxy) is 3. The van der Waals surface area contributed by atoms with Crippen LogP contribution in [-0.2, 0) is 4.79 Å². The number of carbonyl (C=O) groups is 2. The highest BCUT2D eigenvalue weighted by Gasteiger charge is 2.17. The van der Waals surface area contributed by atoms with Gasteiger partial charge in [-0.15, -0.1) is 0 Å². The van der Waals surface area contributed by atoms with E-state index in [0.29, 0.717) is 35.0 Å². The van der Waals surface area contributed by atoms with Crippen molar-refractivity contribution in [2.45, 2.75) is 20.0 Å². The first-order valence-corrected chi connectivity index (χ1v) is 13.0. The van der Waals surface area contributed by atoms with Gasteiger partial charge in [0.15, 0.2) is 6.10 Å². The van der Waals surface area contributed by atoms with E-state index in [1.54, 1.807) is 37.3 Å². The Morgan fingerprint density at radius 3 is 2.23 bits per heavy atom. The van der Waals surface area contributed by atoms with E-state index in [4.69, 9.17) is 14.2 Å². The number of benzene rings is 5. The minimum Gasteiger partial charge on any atom is -0.494 e. The molecule has 40 heavy (non-hydrogen) atoms. The lowest BCUT2D eigenvalue weighted by atomic mass is 10.0. The van der Waals surface area contributed by atoms with Crippen molar-refractivity contribution in [2.75, 3.05) is 6.61 Å². The number of hydrogen-bond acceptors (Lipinski definition) is 6. The highest BCUT2D eigenvalue weighted by Crippen LogP contribution is 2.28. The molecule has 1 amide bonds. The Kier molecular flexibility index (Phi) is 8.02. The largest absolute Gasteiger partial charge is 0.494 e. The summed E-state index contributed by atoms with van der Waals surface area (Å²) in [5, 5.41) is 7.87. The van der Waals surface area contributed by atoms with Crippen LogP contribution < -0.4 is 19.6 Å². The second-order valence-electron chi connectivity index (χ2n) is 9.02. The number of nitrogens with zero attached hydrogens (tertiary/aromatic N) is 1. The Morgan fingerprint density at radius 2 is 1.48 bits per heavy atom. The fraction of sp³-hybridized carbons (Fsp3) is 0.121. The summed E-state index contributed by atoms with van der Waals surface area (Å²) in [7, 11) is 0. The first kappa shape index (κ1) is 26.4. The summed E-state index contributed by atoms with van der Waals surface area (Å²) in [6.07, 6.45) is 0.679. The first-order valence-electron chi connectivity index (χ1n) is 13.0. The summed E-state index contributed by atoms with van der Waals surface area (Å²) in [4.78, 5) is 25.7. The number of fused-ring (bicyclic) bond motifs is 2. The van der Waals surface area contributed by atoms with Gasteiger partial charge in [0.2, 0.25) is 0 Å². The zero-order valence-corrected chi connectivity index (χ0v) is 22.2. The molecule has 0 unspecified atom stereocenters. The molecule has 0 heterocycles. The predicted molar refractivity (Wildman–Crippen MR) is 156 cm³/mol. The molecule has 0 aromatic heterocycles. The molecule has 1 atom stereocenters. The SMILES string of the molecule is CCOc1ccc(C(=O)Oc2ccc3ccccc3c2/C=N\NC(=O)[C@H](C)Oc2cccc3ccccc23)cc1. The van der Waals surface area contributed by atoms with Crippen molar-refractivity contribution in [3.05, 3.63) is 114 Å². The third kappa shape index (κ3) is 5.94. The lowest BCUT2D eigenvalue weighted by Crippen LogP contribution is -2.33. The van der Waals surface area contributed by atoms with Crippen molar-refractivity contribution in [1.82, 2.24) is 5.43 Å². The lowest BCUT2D eigenvalue weighted by Gasteiger charge is -2.15. The highest BCUT2D eigenvalue weighted by atomic mass is 16.5. The molecule has 5 aromatic carbocycles. The zero-order valence-electron chi connectivity index (χ0n) is 22.2. The van der Waals surface area contributed by atoms with Crippen LogP contribution in [0.3, 0.4) is 0 Å². The van der Waals surface area contributed by atoms with Gasteiger partial charge >= 0.3 is 5.97 Å². The number of hydrogen-bond donors (Lipinski definition) is 1. The third-order valence-electron chi connectivity index (χ3n) is 6.33. The van der Waals surface area contributed by atoms with Gasteiger partial charge in [-0.3, -0.25) is 4.79 Å². The van der Waals surface area contributed by atoms with Crippen LogP contribution in [0.15, 0.2) is 108 Å². The van der Waals surface area contributed by atoms with Crippen LogP contribution in [0.2, 0.25) is 0 Å². The first-order chi connectivity index (χ1) is 19.5. The summed E-state index contributed by atoms with van der Waals surface area (Å²) >= 11 is 0. The van der Waals surface area contributed by atoms with Gasteiger partial charge in [0.25, 0.3) is 5.91 Å². The van der Waals surface area contributed by atoms with Gasteiger partial charge in [-0.05, 0) is 66.4 Å². The summed E-state index contributed by atoms with van der Waals surface area (Å²) in [6.45, 7) is 4.09. The molecule has 0 bridgehead atoms. The number of amides is 1. The average Bonchev–Trinajstić information content (AvgIpc) is 2.98. The van der Waals surface area contributed by atoms with Crippen molar-refractivity contribution in [3.8, 4) is 17.2 Å². The van der Waals surface area contributed by atoms with E-state index >= 15 is 0 Å². The second kappa shape index (κ2) is 12.1. The topological polar surface area (TPSA) is 86.2 Å². The monoisotopic (exact) mass is 532 g/mol. The number of nitrogens with one attached hydrogen (secondary N) is 1. The van der Waals surface area contributed by atoms with Gasteiger partial charge in [0.1, 0.15) is 17.2 Å². The van der Waals surface area contributed by atoms with Gasteiger partial charge in [0.05, 0.1) is 18.4 Å². The van der Waals surface area contributed by atoms with Gasteiger partial charge in [-0.1, -0.05) is 66.7 Å². The summed E-state index contributed by atoms with van der Waals surface area (Å²) in [5.41, 5.74) is 3.48. The zero-order chi connectivity index (χ0) is 27.9. The predicted octanol–water partition coefficient (Wildman–Crippen LogP) is 6.53. The quantitative estimate of drug-likeness (QED) is 0.101. The molecule has 5 aromatic rings. The smallest absolute Gasteiger partial charge is 0.343 e. The molecule has 0 saturated heterocycles.